The average Bonchev–Trinajstić information content (AvgIpc) is 2.44. The molecule has 0 aromatic heterocycles. The van der Waals surface area contributed by atoms with Gasteiger partial charge in [0.2, 0.25) is 5.91 Å². The molecular formula is C12H16N2O2. The fourth-order valence-corrected chi connectivity index (χ4v) is 1.94. The van der Waals surface area contributed by atoms with Crippen LogP contribution < -0.4 is 10.6 Å². The first kappa shape index (κ1) is 11.0. The van der Waals surface area contributed by atoms with Gasteiger partial charge in [-0.05, 0) is 38.0 Å². The maximum absolute atomic E-state index is 11.6. The molecule has 16 heavy (non-hydrogen) atoms. The van der Waals surface area contributed by atoms with Gasteiger partial charge in [0.1, 0.15) is 5.75 Å². The molecule has 4 heteroatoms. The number of carbonyl (C=O) groups is 1. The predicted molar refractivity (Wildman–Crippen MR) is 61.0 cm³/mol. The fraction of sp³-hybridized carbons (Fsp3) is 0.417. The van der Waals surface area contributed by atoms with Crippen LogP contribution >= 0.6 is 0 Å². The summed E-state index contributed by atoms with van der Waals surface area (Å²) < 4.78 is 0. The van der Waals surface area contributed by atoms with Crippen molar-refractivity contribution in [3.8, 4) is 5.75 Å². The highest BCUT2D eigenvalue weighted by Crippen LogP contribution is 2.15. The van der Waals surface area contributed by atoms with Gasteiger partial charge in [-0.15, -0.1) is 0 Å². The Morgan fingerprint density at radius 3 is 2.44 bits per heavy atom. The Labute approximate surface area is 94.7 Å². The number of benzene rings is 1. The van der Waals surface area contributed by atoms with Crippen LogP contribution in [-0.2, 0) is 11.2 Å². The minimum Gasteiger partial charge on any atom is -0.508 e. The van der Waals surface area contributed by atoms with E-state index in [1.165, 1.54) is 0 Å². The number of carbonyl (C=O) groups excluding carboxylic acids is 1. The Hall–Kier alpha value is -1.55. The number of hydrogen-bond acceptors (Lipinski definition) is 3. The zero-order chi connectivity index (χ0) is 11.8. The predicted octanol–water partition coefficient (Wildman–Crippen LogP) is 0.759. The summed E-state index contributed by atoms with van der Waals surface area (Å²) in [4.78, 5) is 11.6. The molecule has 2 rings (SSSR count). The van der Waals surface area contributed by atoms with Crippen LogP contribution in [-0.4, -0.2) is 22.7 Å². The van der Waals surface area contributed by atoms with Crippen molar-refractivity contribution in [2.45, 2.75) is 32.0 Å². The third-order valence-corrected chi connectivity index (χ3v) is 2.66. The van der Waals surface area contributed by atoms with Gasteiger partial charge in [-0.25, -0.2) is 0 Å². The fourth-order valence-electron chi connectivity index (χ4n) is 1.94. The van der Waals surface area contributed by atoms with E-state index in [0.29, 0.717) is 6.42 Å². The molecule has 3 N–H and O–H groups in total. The summed E-state index contributed by atoms with van der Waals surface area (Å²) in [6, 6.07) is 6.73. The van der Waals surface area contributed by atoms with E-state index in [2.05, 4.69) is 10.6 Å². The Morgan fingerprint density at radius 2 is 1.94 bits per heavy atom. The molecule has 0 unspecified atom stereocenters. The van der Waals surface area contributed by atoms with E-state index in [-0.39, 0.29) is 23.4 Å². The zero-order valence-corrected chi connectivity index (χ0v) is 9.45. The summed E-state index contributed by atoms with van der Waals surface area (Å²) in [7, 11) is 0. The molecule has 0 radical (unpaired) electrons. The van der Waals surface area contributed by atoms with E-state index in [0.717, 1.165) is 5.56 Å². The van der Waals surface area contributed by atoms with Gasteiger partial charge in [-0.3, -0.25) is 10.1 Å². The Kier molecular flexibility index (Phi) is 2.59. The second kappa shape index (κ2) is 3.79. The van der Waals surface area contributed by atoms with Crippen LogP contribution in [0.3, 0.4) is 0 Å². The highest BCUT2D eigenvalue weighted by atomic mass is 16.3. The number of amides is 1. The van der Waals surface area contributed by atoms with Gasteiger partial charge in [0, 0.05) is 0 Å². The zero-order valence-electron chi connectivity index (χ0n) is 9.45. The molecular weight excluding hydrogens is 204 g/mol. The summed E-state index contributed by atoms with van der Waals surface area (Å²) in [5, 5.41) is 15.3. The molecule has 1 aliphatic rings. The van der Waals surface area contributed by atoms with Crippen LogP contribution in [0.25, 0.3) is 0 Å². The van der Waals surface area contributed by atoms with Gasteiger partial charge in [0.05, 0.1) is 11.7 Å². The van der Waals surface area contributed by atoms with Gasteiger partial charge >= 0.3 is 0 Å². The molecule has 1 atom stereocenters. The number of phenolic OH excluding ortho intramolecular Hbond substituents is 1. The highest BCUT2D eigenvalue weighted by Gasteiger charge is 2.35. The summed E-state index contributed by atoms with van der Waals surface area (Å²) in [6.45, 7) is 3.86. The van der Waals surface area contributed by atoms with Crippen molar-refractivity contribution in [2.75, 3.05) is 0 Å². The smallest absolute Gasteiger partial charge is 0.238 e. The molecule has 1 saturated heterocycles. The second-order valence-electron chi connectivity index (χ2n) is 4.68. The highest BCUT2D eigenvalue weighted by molar-refractivity contribution is 5.85. The molecule has 4 nitrogen and oxygen atoms in total. The lowest BCUT2D eigenvalue weighted by Gasteiger charge is -2.18. The van der Waals surface area contributed by atoms with Crippen LogP contribution in [0.1, 0.15) is 19.4 Å². The van der Waals surface area contributed by atoms with E-state index in [1.807, 2.05) is 26.0 Å². The minimum atomic E-state index is -0.335. The van der Waals surface area contributed by atoms with Gasteiger partial charge in [0.25, 0.3) is 0 Å². The first-order valence-corrected chi connectivity index (χ1v) is 5.34. The Bertz CT molecular complexity index is 398. The van der Waals surface area contributed by atoms with Crippen LogP contribution in [0.15, 0.2) is 24.3 Å². The molecule has 1 aromatic carbocycles. The van der Waals surface area contributed by atoms with E-state index in [9.17, 15) is 4.79 Å². The summed E-state index contributed by atoms with van der Waals surface area (Å²) >= 11 is 0. The monoisotopic (exact) mass is 220 g/mol. The molecule has 1 heterocycles. The third-order valence-electron chi connectivity index (χ3n) is 2.66. The molecule has 0 aliphatic carbocycles. The summed E-state index contributed by atoms with van der Waals surface area (Å²) in [5.74, 6) is 0.269. The molecule has 0 saturated carbocycles. The second-order valence-corrected chi connectivity index (χ2v) is 4.68. The molecule has 1 aliphatic heterocycles. The normalized spacial score (nSPS) is 23.1. The lowest BCUT2D eigenvalue weighted by atomic mass is 10.1. The lowest BCUT2D eigenvalue weighted by molar-refractivity contribution is -0.120. The van der Waals surface area contributed by atoms with Crippen LogP contribution in [0.4, 0.5) is 0 Å². The van der Waals surface area contributed by atoms with Crippen molar-refractivity contribution in [1.82, 2.24) is 10.6 Å². The van der Waals surface area contributed by atoms with Gasteiger partial charge < -0.3 is 10.4 Å². The SMILES string of the molecule is CC1(C)NC(=O)[C@H](Cc2ccc(O)cc2)N1. The number of hydrogen-bond donors (Lipinski definition) is 3. The van der Waals surface area contributed by atoms with Gasteiger partial charge in [-0.2, -0.15) is 0 Å². The van der Waals surface area contributed by atoms with Gasteiger partial charge in [0.15, 0.2) is 0 Å². The van der Waals surface area contributed by atoms with Crippen LogP contribution in [0.5, 0.6) is 5.75 Å². The van der Waals surface area contributed by atoms with Crippen molar-refractivity contribution < 1.29 is 9.90 Å². The largest absolute Gasteiger partial charge is 0.508 e. The Balaban J connectivity index is 2.06. The maximum atomic E-state index is 11.6. The van der Waals surface area contributed by atoms with Crippen molar-refractivity contribution >= 4 is 5.91 Å². The Morgan fingerprint density at radius 1 is 1.31 bits per heavy atom. The van der Waals surface area contributed by atoms with Crippen molar-refractivity contribution in [3.63, 3.8) is 0 Å². The van der Waals surface area contributed by atoms with E-state index in [1.54, 1.807) is 12.1 Å². The maximum Gasteiger partial charge on any atom is 0.238 e. The van der Waals surface area contributed by atoms with Gasteiger partial charge in [-0.1, -0.05) is 12.1 Å². The summed E-state index contributed by atoms with van der Waals surface area (Å²) in [6.07, 6.45) is 0.634. The minimum absolute atomic E-state index is 0.0260. The topological polar surface area (TPSA) is 61.4 Å². The van der Waals surface area contributed by atoms with E-state index in [4.69, 9.17) is 5.11 Å². The number of phenols is 1. The van der Waals surface area contributed by atoms with Crippen LogP contribution in [0.2, 0.25) is 0 Å². The first-order valence-electron chi connectivity index (χ1n) is 5.34. The van der Waals surface area contributed by atoms with Crippen LogP contribution in [0, 0.1) is 0 Å². The number of aromatic hydroxyl groups is 1. The number of nitrogens with one attached hydrogen (secondary N) is 2. The van der Waals surface area contributed by atoms with E-state index < -0.39 is 0 Å². The van der Waals surface area contributed by atoms with Crippen molar-refractivity contribution in [3.05, 3.63) is 29.8 Å². The number of rotatable bonds is 2. The quantitative estimate of drug-likeness (QED) is 0.689. The van der Waals surface area contributed by atoms with E-state index >= 15 is 0 Å². The average molecular weight is 220 g/mol. The molecule has 1 amide bonds. The molecule has 0 spiro atoms. The third kappa shape index (κ3) is 2.33. The molecule has 1 fully saturated rings. The first-order chi connectivity index (χ1) is 7.46. The van der Waals surface area contributed by atoms with Crippen molar-refractivity contribution in [2.24, 2.45) is 0 Å². The lowest BCUT2D eigenvalue weighted by Crippen LogP contribution is -2.44. The summed E-state index contributed by atoms with van der Waals surface area (Å²) in [5.41, 5.74) is 0.696. The molecule has 1 aromatic rings. The van der Waals surface area contributed by atoms with Crippen molar-refractivity contribution in [1.29, 1.82) is 0 Å². The standard InChI is InChI=1S/C12H16N2O2/c1-12(2)13-10(11(16)14-12)7-8-3-5-9(15)6-4-8/h3-6,10,13,15H,7H2,1-2H3,(H,14,16)/t10-/m0/s1. The molecule has 86 valence electrons. The molecule has 0 bridgehead atoms.